The molecule has 2 N–H and O–H groups in total. The fraction of sp³-hybridized carbons (Fsp3) is 0.160. The number of hydrogen-bond donors (Lipinski definition) is 2. The Morgan fingerprint density at radius 1 is 0.971 bits per heavy atom. The molecule has 0 unspecified atom stereocenters. The first-order valence-electron chi connectivity index (χ1n) is 10.4. The van der Waals surface area contributed by atoms with Crippen LogP contribution in [0.25, 0.3) is 10.2 Å². The van der Waals surface area contributed by atoms with E-state index in [2.05, 4.69) is 15.6 Å². The summed E-state index contributed by atoms with van der Waals surface area (Å²) in [6.07, 6.45) is 0. The largest absolute Gasteiger partial charge is 0.493 e. The Hall–Kier alpha value is -3.56. The number of aryl methyl sites for hydroxylation is 1. The summed E-state index contributed by atoms with van der Waals surface area (Å²) in [4.78, 5) is 29.6. The summed E-state index contributed by atoms with van der Waals surface area (Å²) in [6.45, 7) is 1.96. The molecule has 0 saturated heterocycles. The van der Waals surface area contributed by atoms with Crippen LogP contribution in [-0.2, 0) is 4.79 Å². The number of benzene rings is 3. The van der Waals surface area contributed by atoms with Crippen molar-refractivity contribution in [3.8, 4) is 11.5 Å². The van der Waals surface area contributed by atoms with Gasteiger partial charge in [0.15, 0.2) is 15.8 Å². The lowest BCUT2D eigenvalue weighted by Crippen LogP contribution is -2.14. The highest BCUT2D eigenvalue weighted by Gasteiger charge is 2.13. The number of methoxy groups -OCH3 is 2. The van der Waals surface area contributed by atoms with E-state index in [-0.39, 0.29) is 17.6 Å². The smallest absolute Gasteiger partial charge is 0.255 e. The van der Waals surface area contributed by atoms with Crippen molar-refractivity contribution in [2.24, 2.45) is 0 Å². The van der Waals surface area contributed by atoms with E-state index in [0.717, 1.165) is 25.8 Å². The van der Waals surface area contributed by atoms with Crippen LogP contribution in [0.2, 0.25) is 0 Å². The maximum atomic E-state index is 12.7. The number of nitrogens with one attached hydrogen (secondary N) is 2. The molecule has 0 fully saturated rings. The van der Waals surface area contributed by atoms with Crippen molar-refractivity contribution in [1.82, 2.24) is 4.98 Å². The number of aromatic nitrogens is 1. The maximum Gasteiger partial charge on any atom is 0.255 e. The van der Waals surface area contributed by atoms with Gasteiger partial charge in [-0.25, -0.2) is 4.98 Å². The molecular weight excluding hydrogens is 470 g/mol. The van der Waals surface area contributed by atoms with E-state index in [1.54, 1.807) is 31.4 Å². The molecule has 4 aromatic rings. The number of fused-ring (bicyclic) bond motifs is 1. The molecule has 0 bridgehead atoms. The second-order valence-corrected chi connectivity index (χ2v) is 9.59. The van der Waals surface area contributed by atoms with Gasteiger partial charge >= 0.3 is 0 Å². The van der Waals surface area contributed by atoms with Crippen molar-refractivity contribution in [2.45, 2.75) is 11.3 Å². The van der Waals surface area contributed by atoms with Crippen molar-refractivity contribution < 1.29 is 19.1 Å². The Labute approximate surface area is 205 Å². The van der Waals surface area contributed by atoms with Crippen LogP contribution in [0.4, 0.5) is 11.4 Å². The molecule has 2 amide bonds. The van der Waals surface area contributed by atoms with E-state index in [1.165, 1.54) is 30.2 Å². The first-order chi connectivity index (χ1) is 16.5. The molecule has 0 saturated carbocycles. The normalized spacial score (nSPS) is 10.7. The molecule has 0 atom stereocenters. The van der Waals surface area contributed by atoms with E-state index >= 15 is 0 Å². The van der Waals surface area contributed by atoms with Gasteiger partial charge in [-0.1, -0.05) is 30.0 Å². The van der Waals surface area contributed by atoms with Crippen LogP contribution in [-0.4, -0.2) is 36.8 Å². The second kappa shape index (κ2) is 10.6. The summed E-state index contributed by atoms with van der Waals surface area (Å²) in [6, 6.07) is 18.2. The molecule has 174 valence electrons. The Morgan fingerprint density at radius 2 is 1.76 bits per heavy atom. The summed E-state index contributed by atoms with van der Waals surface area (Å²) in [7, 11) is 3.07. The Balaban J connectivity index is 1.40. The zero-order valence-electron chi connectivity index (χ0n) is 18.9. The molecule has 1 heterocycles. The monoisotopic (exact) mass is 493 g/mol. The zero-order chi connectivity index (χ0) is 24.1. The summed E-state index contributed by atoms with van der Waals surface area (Å²) >= 11 is 2.87. The number of carbonyl (C=O) groups excluding carboxylic acids is 2. The molecule has 9 heteroatoms. The molecule has 3 aromatic carbocycles. The molecule has 0 radical (unpaired) electrons. The Kier molecular flexibility index (Phi) is 7.34. The maximum absolute atomic E-state index is 12.7. The molecule has 7 nitrogen and oxygen atoms in total. The standard InChI is InChI=1S/C25H23N3O4S2/c1-15-6-4-5-7-18(15)27-23(29)14-33-25-28-19-10-9-17(13-22(19)34-25)26-24(30)16-8-11-20(31-2)21(12-16)32-3/h4-13H,14H2,1-3H3,(H,26,30)(H,27,29). The minimum Gasteiger partial charge on any atom is -0.493 e. The van der Waals surface area contributed by atoms with Gasteiger partial charge < -0.3 is 20.1 Å². The van der Waals surface area contributed by atoms with Gasteiger partial charge in [0.1, 0.15) is 0 Å². The van der Waals surface area contributed by atoms with Crippen molar-refractivity contribution in [2.75, 3.05) is 30.6 Å². The number of hydrogen-bond acceptors (Lipinski definition) is 7. The minimum atomic E-state index is -0.257. The molecule has 0 aliphatic carbocycles. The molecule has 0 spiro atoms. The van der Waals surface area contributed by atoms with E-state index in [1.807, 2.05) is 43.3 Å². The molecule has 34 heavy (non-hydrogen) atoms. The number of carbonyl (C=O) groups is 2. The van der Waals surface area contributed by atoms with E-state index in [9.17, 15) is 9.59 Å². The van der Waals surface area contributed by atoms with Crippen LogP contribution < -0.4 is 20.1 Å². The van der Waals surface area contributed by atoms with Crippen LogP contribution >= 0.6 is 23.1 Å². The number of anilines is 2. The fourth-order valence-electron chi connectivity index (χ4n) is 3.25. The SMILES string of the molecule is COc1ccc(C(=O)Nc2ccc3nc(SCC(=O)Nc4ccccc4C)sc3c2)cc1OC. The van der Waals surface area contributed by atoms with Crippen LogP contribution in [0, 0.1) is 6.92 Å². The number of nitrogens with zero attached hydrogens (tertiary/aromatic N) is 1. The summed E-state index contributed by atoms with van der Waals surface area (Å²) < 4.78 is 12.2. The van der Waals surface area contributed by atoms with Crippen molar-refractivity contribution in [3.05, 3.63) is 71.8 Å². The van der Waals surface area contributed by atoms with Gasteiger partial charge in [0.25, 0.3) is 5.91 Å². The average molecular weight is 494 g/mol. The Bertz CT molecular complexity index is 1350. The van der Waals surface area contributed by atoms with Crippen LogP contribution in [0.5, 0.6) is 11.5 Å². The number of thioether (sulfide) groups is 1. The molecule has 0 aliphatic rings. The minimum absolute atomic E-state index is 0.0820. The van der Waals surface area contributed by atoms with Gasteiger partial charge in [0, 0.05) is 16.9 Å². The zero-order valence-corrected chi connectivity index (χ0v) is 20.5. The van der Waals surface area contributed by atoms with Crippen LogP contribution in [0.15, 0.2) is 65.0 Å². The number of para-hydroxylation sites is 1. The van der Waals surface area contributed by atoms with Gasteiger partial charge in [-0.05, 0) is 55.0 Å². The third-order valence-corrected chi connectivity index (χ3v) is 7.18. The lowest BCUT2D eigenvalue weighted by Gasteiger charge is -2.10. The van der Waals surface area contributed by atoms with Crippen molar-refractivity contribution >= 4 is 56.5 Å². The summed E-state index contributed by atoms with van der Waals surface area (Å²) in [5, 5.41) is 5.83. The lowest BCUT2D eigenvalue weighted by atomic mass is 10.2. The predicted molar refractivity (Wildman–Crippen MR) is 138 cm³/mol. The van der Waals surface area contributed by atoms with Gasteiger partial charge in [-0.2, -0.15) is 0 Å². The summed E-state index contributed by atoms with van der Waals surface area (Å²) in [5.74, 6) is 0.967. The van der Waals surface area contributed by atoms with Gasteiger partial charge in [-0.3, -0.25) is 9.59 Å². The van der Waals surface area contributed by atoms with Crippen LogP contribution in [0.3, 0.4) is 0 Å². The highest BCUT2D eigenvalue weighted by molar-refractivity contribution is 8.01. The quantitative estimate of drug-likeness (QED) is 0.310. The topological polar surface area (TPSA) is 89.5 Å². The van der Waals surface area contributed by atoms with Gasteiger partial charge in [-0.15, -0.1) is 11.3 Å². The number of thiazole rings is 1. The van der Waals surface area contributed by atoms with Gasteiger partial charge in [0.05, 0.1) is 30.2 Å². The third kappa shape index (κ3) is 5.49. The van der Waals surface area contributed by atoms with Gasteiger partial charge in [0.2, 0.25) is 5.91 Å². The molecule has 0 aliphatic heterocycles. The van der Waals surface area contributed by atoms with E-state index in [0.29, 0.717) is 22.7 Å². The fourth-order valence-corrected chi connectivity index (χ4v) is 5.16. The number of amides is 2. The molecular formula is C25H23N3O4S2. The first kappa shape index (κ1) is 23.6. The summed E-state index contributed by atoms with van der Waals surface area (Å²) in [5.41, 5.74) is 3.76. The third-order valence-electron chi connectivity index (χ3n) is 5.02. The second-order valence-electron chi connectivity index (χ2n) is 7.34. The number of ether oxygens (including phenoxy) is 2. The highest BCUT2D eigenvalue weighted by atomic mass is 32.2. The average Bonchev–Trinajstić information content (AvgIpc) is 3.26. The Morgan fingerprint density at radius 3 is 2.53 bits per heavy atom. The molecule has 1 aromatic heterocycles. The molecule has 4 rings (SSSR count). The van der Waals surface area contributed by atoms with Crippen LogP contribution in [0.1, 0.15) is 15.9 Å². The van der Waals surface area contributed by atoms with E-state index < -0.39 is 0 Å². The number of rotatable bonds is 8. The van der Waals surface area contributed by atoms with Crippen molar-refractivity contribution in [1.29, 1.82) is 0 Å². The lowest BCUT2D eigenvalue weighted by molar-refractivity contribution is -0.113. The van der Waals surface area contributed by atoms with Crippen molar-refractivity contribution in [3.63, 3.8) is 0 Å². The predicted octanol–water partition coefficient (Wildman–Crippen LogP) is 5.61. The van der Waals surface area contributed by atoms with E-state index in [4.69, 9.17) is 9.47 Å². The first-order valence-corrected chi connectivity index (χ1v) is 12.2. The highest BCUT2D eigenvalue weighted by Crippen LogP contribution is 2.32.